The largest absolute Gasteiger partial charge is 0.385 e. The molecule has 182 valence electrons. The third kappa shape index (κ3) is 3.15. The summed E-state index contributed by atoms with van der Waals surface area (Å²) in [4.78, 5) is 1.24. The number of ether oxygens (including phenoxy) is 2. The second kappa shape index (κ2) is 7.85. The minimum atomic E-state index is -1.07. The monoisotopic (exact) mass is 480 g/mol. The first-order chi connectivity index (χ1) is 16.3. The zero-order valence-electron chi connectivity index (χ0n) is 20.3. The van der Waals surface area contributed by atoms with Crippen LogP contribution >= 0.6 is 11.8 Å². The van der Waals surface area contributed by atoms with E-state index in [1.807, 2.05) is 0 Å². The number of benzene rings is 1. The van der Waals surface area contributed by atoms with Gasteiger partial charge in [-0.25, -0.2) is 0 Å². The van der Waals surface area contributed by atoms with E-state index in [1.165, 1.54) is 21.6 Å². The van der Waals surface area contributed by atoms with E-state index in [1.54, 1.807) is 11.8 Å². The first-order valence-electron chi connectivity index (χ1n) is 12.8. The first kappa shape index (κ1) is 23.1. The molecule has 0 bridgehead atoms. The van der Waals surface area contributed by atoms with Gasteiger partial charge in [0.2, 0.25) is 0 Å². The van der Waals surface area contributed by atoms with Crippen LogP contribution in [0.4, 0.5) is 0 Å². The first-order valence-corrected chi connectivity index (χ1v) is 14.1. The minimum absolute atomic E-state index is 0.154. The summed E-state index contributed by atoms with van der Waals surface area (Å²) in [5.74, 6) is 3.04. The molecule has 0 unspecified atom stereocenters. The molecule has 0 amide bonds. The van der Waals surface area contributed by atoms with Crippen molar-refractivity contribution in [1.29, 1.82) is 0 Å². The number of aliphatic hydroxyl groups is 2. The fourth-order valence-corrected chi connectivity index (χ4v) is 8.80. The Kier molecular flexibility index (Phi) is 5.34. The van der Waals surface area contributed by atoms with Crippen LogP contribution < -0.4 is 0 Å². The van der Waals surface area contributed by atoms with E-state index in [0.717, 1.165) is 38.5 Å². The standard InChI is InChI=1S/C29H36O4S/c1-4-28(31)13-10-23-21-9-12-27(30)18-29(32-15-16-33-29)14-11-24(27)25(21)22(17-26(23,28)2)19-5-7-20(34-3)8-6-19/h1,5-8,21-23,30-31H,9-18H2,2-3H3/t21-,22+,23-,26-,27+,28-/m0/s1. The van der Waals surface area contributed by atoms with E-state index in [0.29, 0.717) is 37.9 Å². The highest BCUT2D eigenvalue weighted by atomic mass is 32.2. The van der Waals surface area contributed by atoms with Gasteiger partial charge >= 0.3 is 0 Å². The lowest BCUT2D eigenvalue weighted by molar-refractivity contribution is -0.208. The number of rotatable bonds is 2. The summed E-state index contributed by atoms with van der Waals surface area (Å²) in [6.45, 7) is 3.45. The fraction of sp³-hybridized carbons (Fsp3) is 0.655. The number of hydrogen-bond donors (Lipinski definition) is 2. The number of thioether (sulfide) groups is 1. The van der Waals surface area contributed by atoms with Gasteiger partial charge in [-0.15, -0.1) is 18.2 Å². The average Bonchev–Trinajstić information content (AvgIpc) is 3.39. The molecule has 4 fully saturated rings. The Morgan fingerprint density at radius 3 is 2.47 bits per heavy atom. The Hall–Kier alpha value is -1.29. The van der Waals surface area contributed by atoms with Gasteiger partial charge < -0.3 is 19.7 Å². The van der Waals surface area contributed by atoms with E-state index in [2.05, 4.69) is 43.4 Å². The molecule has 2 N–H and O–H groups in total. The van der Waals surface area contributed by atoms with E-state index < -0.39 is 17.0 Å². The highest BCUT2D eigenvalue weighted by Gasteiger charge is 2.64. The highest BCUT2D eigenvalue weighted by Crippen LogP contribution is 2.67. The summed E-state index contributed by atoms with van der Waals surface area (Å²) >= 11 is 1.75. The zero-order chi connectivity index (χ0) is 23.8. The van der Waals surface area contributed by atoms with Crippen LogP contribution in [0.5, 0.6) is 0 Å². The summed E-state index contributed by atoms with van der Waals surface area (Å²) in [7, 11) is 0. The van der Waals surface area contributed by atoms with Crippen molar-refractivity contribution in [3.63, 3.8) is 0 Å². The Balaban J connectivity index is 1.48. The van der Waals surface area contributed by atoms with E-state index in [4.69, 9.17) is 15.9 Å². The van der Waals surface area contributed by atoms with Crippen molar-refractivity contribution in [1.82, 2.24) is 0 Å². The van der Waals surface area contributed by atoms with Crippen LogP contribution in [0.3, 0.4) is 0 Å². The lowest BCUT2D eigenvalue weighted by Crippen LogP contribution is -2.55. The van der Waals surface area contributed by atoms with Crippen LogP contribution in [0.25, 0.3) is 0 Å². The fourth-order valence-electron chi connectivity index (χ4n) is 8.39. The van der Waals surface area contributed by atoms with Crippen LogP contribution in [-0.2, 0) is 9.47 Å². The van der Waals surface area contributed by atoms with Crippen molar-refractivity contribution in [3.05, 3.63) is 41.0 Å². The Morgan fingerprint density at radius 1 is 1.06 bits per heavy atom. The molecule has 0 aromatic heterocycles. The molecule has 1 saturated heterocycles. The second-order valence-electron chi connectivity index (χ2n) is 11.5. The number of hydrogen-bond acceptors (Lipinski definition) is 5. The number of terminal acetylenes is 1. The van der Waals surface area contributed by atoms with E-state index in [-0.39, 0.29) is 11.3 Å². The van der Waals surface area contributed by atoms with Crippen LogP contribution in [-0.4, -0.2) is 46.7 Å². The van der Waals surface area contributed by atoms with Crippen LogP contribution in [0, 0.1) is 29.6 Å². The van der Waals surface area contributed by atoms with Gasteiger partial charge in [0.1, 0.15) is 5.60 Å². The normalized spacial score (nSPS) is 42.7. The Bertz CT molecular complexity index is 1050. The predicted octanol–water partition coefficient (Wildman–Crippen LogP) is 5.04. The van der Waals surface area contributed by atoms with Crippen LogP contribution in [0.1, 0.15) is 69.8 Å². The lowest BCUT2D eigenvalue weighted by atomic mass is 9.49. The summed E-state index contributed by atoms with van der Waals surface area (Å²) in [6, 6.07) is 8.88. The summed E-state index contributed by atoms with van der Waals surface area (Å²) in [5.41, 5.74) is 1.66. The summed E-state index contributed by atoms with van der Waals surface area (Å²) in [5, 5.41) is 23.6. The van der Waals surface area contributed by atoms with Gasteiger partial charge in [0, 0.05) is 29.1 Å². The highest BCUT2D eigenvalue weighted by molar-refractivity contribution is 7.98. The van der Waals surface area contributed by atoms with E-state index >= 15 is 0 Å². The number of allylic oxidation sites excluding steroid dienone is 1. The second-order valence-corrected chi connectivity index (χ2v) is 12.4. The van der Waals surface area contributed by atoms with Crippen molar-refractivity contribution < 1.29 is 19.7 Å². The predicted molar refractivity (Wildman–Crippen MR) is 133 cm³/mol. The third-order valence-electron chi connectivity index (χ3n) is 10.1. The summed E-state index contributed by atoms with van der Waals surface area (Å²) in [6.07, 6.45) is 14.3. The van der Waals surface area contributed by atoms with Crippen molar-refractivity contribution in [2.75, 3.05) is 19.5 Å². The van der Waals surface area contributed by atoms with Crippen molar-refractivity contribution in [3.8, 4) is 12.3 Å². The molecule has 34 heavy (non-hydrogen) atoms. The molecule has 4 nitrogen and oxygen atoms in total. The SMILES string of the molecule is C#C[C@]1(O)CC[C@H]2[C@@H]3CC[C@@]4(O)CC5(CCC4=C3[C@@H](c3ccc(SC)cc3)C[C@@]21C)OCCO5. The molecule has 1 heterocycles. The Morgan fingerprint density at radius 2 is 1.79 bits per heavy atom. The van der Waals surface area contributed by atoms with Gasteiger partial charge in [-0.05, 0) is 79.9 Å². The van der Waals surface area contributed by atoms with Gasteiger partial charge in [0.05, 0.1) is 18.8 Å². The van der Waals surface area contributed by atoms with Gasteiger partial charge in [-0.2, -0.15) is 0 Å². The topological polar surface area (TPSA) is 58.9 Å². The quantitative estimate of drug-likeness (QED) is 0.353. The molecular formula is C29H36O4S. The molecule has 1 aromatic rings. The van der Waals surface area contributed by atoms with Gasteiger partial charge in [0.25, 0.3) is 0 Å². The van der Waals surface area contributed by atoms with Crippen LogP contribution in [0.2, 0.25) is 0 Å². The third-order valence-corrected chi connectivity index (χ3v) is 10.9. The molecule has 6 atom stereocenters. The molecule has 6 rings (SSSR count). The molecule has 5 aliphatic rings. The smallest absolute Gasteiger partial charge is 0.171 e. The van der Waals surface area contributed by atoms with Crippen molar-refractivity contribution >= 4 is 11.8 Å². The molecule has 4 aliphatic carbocycles. The van der Waals surface area contributed by atoms with Crippen LogP contribution in [0.15, 0.2) is 40.3 Å². The Labute approximate surface area is 207 Å². The van der Waals surface area contributed by atoms with Crippen molar-refractivity contribution in [2.24, 2.45) is 17.3 Å². The molecule has 5 heteroatoms. The zero-order valence-corrected chi connectivity index (χ0v) is 21.1. The van der Waals surface area contributed by atoms with Gasteiger partial charge in [-0.3, -0.25) is 0 Å². The number of fused-ring (bicyclic) bond motifs is 4. The van der Waals surface area contributed by atoms with Gasteiger partial charge in [0.15, 0.2) is 5.79 Å². The maximum atomic E-state index is 12.1. The van der Waals surface area contributed by atoms with Crippen molar-refractivity contribution in [2.45, 2.75) is 86.1 Å². The average molecular weight is 481 g/mol. The minimum Gasteiger partial charge on any atom is -0.385 e. The van der Waals surface area contributed by atoms with Gasteiger partial charge in [-0.1, -0.05) is 30.6 Å². The summed E-state index contributed by atoms with van der Waals surface area (Å²) < 4.78 is 12.1. The molecule has 1 aliphatic heterocycles. The van der Waals surface area contributed by atoms with E-state index in [9.17, 15) is 10.2 Å². The molecule has 1 aromatic carbocycles. The molecule has 0 radical (unpaired) electrons. The maximum Gasteiger partial charge on any atom is 0.171 e. The maximum absolute atomic E-state index is 12.1. The molecule has 3 saturated carbocycles. The molecule has 1 spiro atoms. The lowest BCUT2D eigenvalue weighted by Gasteiger charge is -2.57. The molecular weight excluding hydrogens is 444 g/mol.